The summed E-state index contributed by atoms with van der Waals surface area (Å²) in [7, 11) is 1.99. The fraction of sp³-hybridized carbons (Fsp3) is 0.500. The van der Waals surface area contributed by atoms with Gasteiger partial charge in [-0.2, -0.15) is 0 Å². The van der Waals surface area contributed by atoms with Gasteiger partial charge < -0.3 is 10.2 Å². The van der Waals surface area contributed by atoms with Crippen molar-refractivity contribution >= 4 is 6.72 Å². The van der Waals surface area contributed by atoms with Gasteiger partial charge in [0.2, 0.25) is 0 Å². The van der Waals surface area contributed by atoms with E-state index in [9.17, 15) is 0 Å². The Morgan fingerprint density at radius 2 is 2.15 bits per heavy atom. The van der Waals surface area contributed by atoms with Crippen LogP contribution in [-0.4, -0.2) is 31.8 Å². The maximum absolute atomic E-state index is 3.90. The van der Waals surface area contributed by atoms with Crippen LogP contribution in [0.3, 0.4) is 0 Å². The van der Waals surface area contributed by atoms with Crippen molar-refractivity contribution in [3.05, 3.63) is 24.2 Å². The molecule has 0 bridgehead atoms. The highest BCUT2D eigenvalue weighted by Crippen LogP contribution is 2.11. The first kappa shape index (κ1) is 11.8. The molecule has 0 fully saturated rings. The topological polar surface area (TPSA) is 27.6 Å². The summed E-state index contributed by atoms with van der Waals surface area (Å²) in [6.07, 6.45) is 1.76. The lowest BCUT2D eigenvalue weighted by atomic mass is 10.3. The number of allylic oxidation sites excluding steroid dienone is 1. The van der Waals surface area contributed by atoms with E-state index in [1.54, 1.807) is 6.08 Å². The monoisotopic (exact) mass is 181 g/mol. The molecular weight excluding hydrogens is 162 g/mol. The largest absolute Gasteiger partial charge is 0.380 e. The summed E-state index contributed by atoms with van der Waals surface area (Å²) in [6, 6.07) is 0. The molecule has 3 heteroatoms. The van der Waals surface area contributed by atoms with E-state index >= 15 is 0 Å². The van der Waals surface area contributed by atoms with Gasteiger partial charge in [-0.1, -0.05) is 20.4 Å². The van der Waals surface area contributed by atoms with Crippen LogP contribution in [0.15, 0.2) is 29.2 Å². The Morgan fingerprint density at radius 1 is 1.54 bits per heavy atom. The lowest BCUT2D eigenvalue weighted by Gasteiger charge is -2.27. The number of nitrogens with one attached hydrogen (secondary N) is 1. The minimum atomic E-state index is 0.881. The van der Waals surface area contributed by atoms with Crippen LogP contribution in [0, 0.1) is 0 Å². The zero-order valence-corrected chi connectivity index (χ0v) is 8.80. The predicted octanol–water partition coefficient (Wildman–Crippen LogP) is 1.60. The summed E-state index contributed by atoms with van der Waals surface area (Å²) >= 11 is 0. The Kier molecular flexibility index (Phi) is 5.68. The van der Waals surface area contributed by atoms with E-state index in [1.165, 1.54) is 0 Å². The van der Waals surface area contributed by atoms with Gasteiger partial charge in [-0.25, -0.2) is 4.99 Å². The molecule has 0 saturated heterocycles. The molecule has 1 heterocycles. The third kappa shape index (κ3) is 2.93. The maximum atomic E-state index is 3.90. The van der Waals surface area contributed by atoms with Crippen molar-refractivity contribution in [3.8, 4) is 0 Å². The molecule has 1 N–H and O–H groups in total. The second-order valence-corrected chi connectivity index (χ2v) is 2.45. The van der Waals surface area contributed by atoms with Crippen molar-refractivity contribution in [1.29, 1.82) is 0 Å². The molecule has 0 radical (unpaired) electrons. The lowest BCUT2D eigenvalue weighted by molar-refractivity contribution is 0.382. The number of rotatable bonds is 2. The summed E-state index contributed by atoms with van der Waals surface area (Å²) in [6.45, 7) is 13.1. The fourth-order valence-electron chi connectivity index (χ4n) is 1.12. The van der Waals surface area contributed by atoms with Crippen LogP contribution >= 0.6 is 0 Å². The van der Waals surface area contributed by atoms with Crippen molar-refractivity contribution < 1.29 is 0 Å². The molecule has 74 valence electrons. The number of nitrogens with zero attached hydrogens (tertiary/aromatic N) is 2. The molecule has 0 aromatic rings. The molecule has 0 spiro atoms. The molecule has 0 atom stereocenters. The van der Waals surface area contributed by atoms with E-state index in [1.807, 2.05) is 20.9 Å². The van der Waals surface area contributed by atoms with Gasteiger partial charge in [0.25, 0.3) is 0 Å². The molecule has 1 aliphatic rings. The summed E-state index contributed by atoms with van der Waals surface area (Å²) in [5, 5.41) is 3.19. The number of aliphatic imine (C=N–C) groups is 1. The maximum Gasteiger partial charge on any atom is 0.151 e. The van der Waals surface area contributed by atoms with Gasteiger partial charge in [0.1, 0.15) is 0 Å². The van der Waals surface area contributed by atoms with Gasteiger partial charge in [-0.15, -0.1) is 0 Å². The molecule has 0 saturated carbocycles. The SMILES string of the molecule is C=CC1=C(N=C)N(C)CCN1.CC. The van der Waals surface area contributed by atoms with E-state index in [2.05, 4.69) is 28.5 Å². The van der Waals surface area contributed by atoms with E-state index in [-0.39, 0.29) is 0 Å². The van der Waals surface area contributed by atoms with Crippen molar-refractivity contribution in [3.63, 3.8) is 0 Å². The van der Waals surface area contributed by atoms with Crippen LogP contribution in [0.5, 0.6) is 0 Å². The van der Waals surface area contributed by atoms with E-state index in [4.69, 9.17) is 0 Å². The molecule has 0 aromatic heterocycles. The summed E-state index contributed by atoms with van der Waals surface area (Å²) < 4.78 is 0. The van der Waals surface area contributed by atoms with Crippen LogP contribution in [0.4, 0.5) is 0 Å². The van der Waals surface area contributed by atoms with Gasteiger partial charge in [0.05, 0.1) is 5.70 Å². The molecule has 1 aliphatic heterocycles. The van der Waals surface area contributed by atoms with Gasteiger partial charge in [0.15, 0.2) is 5.82 Å². The first-order chi connectivity index (χ1) is 6.29. The predicted molar refractivity (Wildman–Crippen MR) is 58.8 cm³/mol. The quantitative estimate of drug-likeness (QED) is 0.655. The van der Waals surface area contributed by atoms with E-state index < -0.39 is 0 Å². The van der Waals surface area contributed by atoms with Crippen LogP contribution in [0.1, 0.15) is 13.8 Å². The van der Waals surface area contributed by atoms with Gasteiger partial charge >= 0.3 is 0 Å². The zero-order chi connectivity index (χ0) is 10.3. The molecule has 0 aliphatic carbocycles. The van der Waals surface area contributed by atoms with Crippen molar-refractivity contribution in [2.45, 2.75) is 13.8 Å². The van der Waals surface area contributed by atoms with E-state index in [0.29, 0.717) is 0 Å². The lowest BCUT2D eigenvalue weighted by Crippen LogP contribution is -2.35. The van der Waals surface area contributed by atoms with Gasteiger partial charge in [0, 0.05) is 20.1 Å². The Labute approximate surface area is 80.8 Å². The molecule has 0 unspecified atom stereocenters. The van der Waals surface area contributed by atoms with Crippen molar-refractivity contribution in [2.24, 2.45) is 4.99 Å². The third-order valence-electron chi connectivity index (χ3n) is 1.72. The molecule has 0 amide bonds. The smallest absolute Gasteiger partial charge is 0.151 e. The minimum absolute atomic E-state index is 0.881. The Balaban J connectivity index is 0.000000671. The second-order valence-electron chi connectivity index (χ2n) is 2.45. The average Bonchev–Trinajstić information content (AvgIpc) is 2.20. The first-order valence-corrected chi connectivity index (χ1v) is 4.58. The standard InChI is InChI=1S/C8H13N3.C2H6/c1-4-7-8(9-2)11(3)6-5-10-7;1-2/h4,10H,1-2,5-6H2,3H3;1-2H3. The highest BCUT2D eigenvalue weighted by Gasteiger charge is 2.11. The Bertz CT molecular complexity index is 206. The number of likely N-dealkylation sites (N-methyl/N-ethyl adjacent to an activating group) is 1. The number of hydrogen-bond acceptors (Lipinski definition) is 3. The van der Waals surface area contributed by atoms with Crippen LogP contribution in [0.25, 0.3) is 0 Å². The molecule has 3 nitrogen and oxygen atoms in total. The van der Waals surface area contributed by atoms with Gasteiger partial charge in [-0.05, 0) is 12.8 Å². The Morgan fingerprint density at radius 3 is 2.54 bits per heavy atom. The molecule has 0 aromatic carbocycles. The normalized spacial score (nSPS) is 15.5. The van der Waals surface area contributed by atoms with Crippen LogP contribution < -0.4 is 5.32 Å². The highest BCUT2D eigenvalue weighted by molar-refractivity contribution is 5.33. The number of hydrogen-bond donors (Lipinski definition) is 1. The average molecular weight is 181 g/mol. The van der Waals surface area contributed by atoms with Gasteiger partial charge in [-0.3, -0.25) is 0 Å². The minimum Gasteiger partial charge on any atom is -0.380 e. The molecule has 13 heavy (non-hydrogen) atoms. The second kappa shape index (κ2) is 6.29. The molecule has 1 rings (SSSR count). The van der Waals surface area contributed by atoms with Crippen LogP contribution in [-0.2, 0) is 0 Å². The molecular formula is C10H19N3. The van der Waals surface area contributed by atoms with E-state index in [0.717, 1.165) is 24.6 Å². The summed E-state index contributed by atoms with van der Waals surface area (Å²) in [4.78, 5) is 5.96. The first-order valence-electron chi connectivity index (χ1n) is 4.58. The Hall–Kier alpha value is -1.25. The highest BCUT2D eigenvalue weighted by atomic mass is 15.2. The van der Waals surface area contributed by atoms with Crippen molar-refractivity contribution in [1.82, 2.24) is 10.2 Å². The van der Waals surface area contributed by atoms with Crippen molar-refractivity contribution in [2.75, 3.05) is 20.1 Å². The summed E-state index contributed by atoms with van der Waals surface area (Å²) in [5.74, 6) is 0.881. The third-order valence-corrected chi connectivity index (χ3v) is 1.72. The van der Waals surface area contributed by atoms with Crippen LogP contribution in [0.2, 0.25) is 0 Å². The zero-order valence-electron chi connectivity index (χ0n) is 8.80. The fourth-order valence-corrected chi connectivity index (χ4v) is 1.12. The summed E-state index contributed by atoms with van der Waals surface area (Å²) in [5.41, 5.74) is 0.966.